The van der Waals surface area contributed by atoms with Gasteiger partial charge in [0.2, 0.25) is 0 Å². The minimum absolute atomic E-state index is 0.146. The van der Waals surface area contributed by atoms with Crippen LogP contribution in [0.15, 0.2) is 42.5 Å². The van der Waals surface area contributed by atoms with Crippen LogP contribution in [0.2, 0.25) is 0 Å². The second kappa shape index (κ2) is 7.50. The van der Waals surface area contributed by atoms with Crippen molar-refractivity contribution in [3.05, 3.63) is 53.6 Å². The van der Waals surface area contributed by atoms with Crippen molar-refractivity contribution in [2.45, 2.75) is 20.3 Å². The van der Waals surface area contributed by atoms with E-state index in [1.807, 2.05) is 50.2 Å². The summed E-state index contributed by atoms with van der Waals surface area (Å²) in [5.74, 6) is 1.32. The minimum Gasteiger partial charge on any atom is -0.494 e. The van der Waals surface area contributed by atoms with Gasteiger partial charge in [-0.1, -0.05) is 24.3 Å². The van der Waals surface area contributed by atoms with E-state index in [2.05, 4.69) is 0 Å². The van der Waals surface area contributed by atoms with Crippen LogP contribution in [0.3, 0.4) is 0 Å². The molecule has 0 aromatic heterocycles. The molecule has 0 atom stereocenters. The number of carbonyl (C=O) groups excluding carboxylic acids is 1. The number of para-hydroxylation sites is 1. The third-order valence-corrected chi connectivity index (χ3v) is 3.15. The molecule has 0 saturated carbocycles. The summed E-state index contributed by atoms with van der Waals surface area (Å²) < 4.78 is 16.2. The van der Waals surface area contributed by atoms with Crippen LogP contribution in [0.25, 0.3) is 0 Å². The monoisotopic (exact) mass is 300 g/mol. The summed E-state index contributed by atoms with van der Waals surface area (Å²) in [6.45, 7) is 4.41. The van der Waals surface area contributed by atoms with E-state index < -0.39 is 0 Å². The molecule has 116 valence electrons. The Kier molecular flexibility index (Phi) is 5.42. The van der Waals surface area contributed by atoms with E-state index in [9.17, 15) is 4.79 Å². The fourth-order valence-electron chi connectivity index (χ4n) is 2.12. The van der Waals surface area contributed by atoms with E-state index in [0.29, 0.717) is 23.9 Å². The van der Waals surface area contributed by atoms with Crippen molar-refractivity contribution in [1.29, 1.82) is 0 Å². The molecule has 0 radical (unpaired) electrons. The number of benzene rings is 2. The van der Waals surface area contributed by atoms with Crippen molar-refractivity contribution < 1.29 is 19.0 Å². The normalized spacial score (nSPS) is 10.1. The van der Waals surface area contributed by atoms with Crippen molar-refractivity contribution in [2.24, 2.45) is 0 Å². The van der Waals surface area contributed by atoms with Gasteiger partial charge in [0.1, 0.15) is 5.75 Å². The summed E-state index contributed by atoms with van der Waals surface area (Å²) >= 11 is 0. The standard InChI is InChI=1S/C18H20O4/c1-4-21-15-8-6-5-7-14(15)12-18(19)22-16-10-9-13(2)11-17(16)20-3/h5-11H,4,12H2,1-3H3. The SMILES string of the molecule is CCOc1ccccc1CC(=O)Oc1ccc(C)cc1OC. The Morgan fingerprint density at radius 2 is 1.82 bits per heavy atom. The van der Waals surface area contributed by atoms with Gasteiger partial charge >= 0.3 is 5.97 Å². The van der Waals surface area contributed by atoms with E-state index >= 15 is 0 Å². The van der Waals surface area contributed by atoms with Crippen LogP contribution in [0.1, 0.15) is 18.1 Å². The molecule has 0 N–H and O–H groups in total. The molecule has 0 bridgehead atoms. The fraction of sp³-hybridized carbons (Fsp3) is 0.278. The first-order chi connectivity index (χ1) is 10.6. The molecule has 2 aromatic rings. The third kappa shape index (κ3) is 4.01. The van der Waals surface area contributed by atoms with E-state index in [1.54, 1.807) is 13.2 Å². The lowest BCUT2D eigenvalue weighted by atomic mass is 10.1. The minimum atomic E-state index is -0.352. The highest BCUT2D eigenvalue weighted by atomic mass is 16.6. The Morgan fingerprint density at radius 1 is 1.05 bits per heavy atom. The Bertz CT molecular complexity index is 649. The third-order valence-electron chi connectivity index (χ3n) is 3.15. The Balaban J connectivity index is 2.11. The summed E-state index contributed by atoms with van der Waals surface area (Å²) in [6, 6.07) is 12.9. The van der Waals surface area contributed by atoms with Gasteiger partial charge in [-0.05, 0) is 37.6 Å². The molecule has 0 unspecified atom stereocenters. The predicted molar refractivity (Wildman–Crippen MR) is 84.7 cm³/mol. The lowest BCUT2D eigenvalue weighted by molar-refractivity contribution is -0.133. The first-order valence-corrected chi connectivity index (χ1v) is 7.20. The van der Waals surface area contributed by atoms with Crippen LogP contribution in [-0.4, -0.2) is 19.7 Å². The molecule has 0 aliphatic carbocycles. The Hall–Kier alpha value is -2.49. The maximum Gasteiger partial charge on any atom is 0.315 e. The number of rotatable bonds is 6. The molecule has 22 heavy (non-hydrogen) atoms. The first kappa shape index (κ1) is 15.9. The largest absolute Gasteiger partial charge is 0.494 e. The van der Waals surface area contributed by atoms with Crippen molar-refractivity contribution in [2.75, 3.05) is 13.7 Å². The van der Waals surface area contributed by atoms with Crippen LogP contribution >= 0.6 is 0 Å². The maximum atomic E-state index is 12.2. The van der Waals surface area contributed by atoms with E-state index in [-0.39, 0.29) is 12.4 Å². The molecule has 0 saturated heterocycles. The number of hydrogen-bond acceptors (Lipinski definition) is 4. The molecular formula is C18H20O4. The second-order valence-electron chi connectivity index (χ2n) is 4.85. The van der Waals surface area contributed by atoms with Crippen LogP contribution < -0.4 is 14.2 Å². The molecule has 2 aromatic carbocycles. The van der Waals surface area contributed by atoms with Crippen LogP contribution in [0.4, 0.5) is 0 Å². The number of aryl methyl sites for hydroxylation is 1. The smallest absolute Gasteiger partial charge is 0.315 e. The molecular weight excluding hydrogens is 280 g/mol. The Morgan fingerprint density at radius 3 is 2.55 bits per heavy atom. The van der Waals surface area contributed by atoms with Crippen LogP contribution in [0.5, 0.6) is 17.2 Å². The van der Waals surface area contributed by atoms with Gasteiger partial charge in [-0.2, -0.15) is 0 Å². The zero-order valence-corrected chi connectivity index (χ0v) is 13.1. The number of esters is 1. The van der Waals surface area contributed by atoms with Gasteiger partial charge in [0, 0.05) is 5.56 Å². The van der Waals surface area contributed by atoms with Crippen molar-refractivity contribution in [3.63, 3.8) is 0 Å². The maximum absolute atomic E-state index is 12.2. The van der Waals surface area contributed by atoms with Gasteiger partial charge in [-0.15, -0.1) is 0 Å². The number of ether oxygens (including phenoxy) is 3. The highest BCUT2D eigenvalue weighted by molar-refractivity contribution is 5.76. The molecule has 0 fully saturated rings. The van der Waals surface area contributed by atoms with E-state index in [4.69, 9.17) is 14.2 Å². The summed E-state index contributed by atoms with van der Waals surface area (Å²) in [6.07, 6.45) is 0.146. The molecule has 0 spiro atoms. The molecule has 4 heteroatoms. The molecule has 0 heterocycles. The second-order valence-corrected chi connectivity index (χ2v) is 4.85. The predicted octanol–water partition coefficient (Wildman–Crippen LogP) is 3.55. The quantitative estimate of drug-likeness (QED) is 0.604. The van der Waals surface area contributed by atoms with Crippen LogP contribution in [0, 0.1) is 6.92 Å². The first-order valence-electron chi connectivity index (χ1n) is 7.20. The van der Waals surface area contributed by atoms with Crippen molar-refractivity contribution in [1.82, 2.24) is 0 Å². The van der Waals surface area contributed by atoms with E-state index in [1.165, 1.54) is 0 Å². The number of carbonyl (C=O) groups is 1. The van der Waals surface area contributed by atoms with Gasteiger partial charge < -0.3 is 14.2 Å². The molecule has 0 amide bonds. The molecule has 2 rings (SSSR count). The molecule has 0 aliphatic rings. The fourth-order valence-corrected chi connectivity index (χ4v) is 2.12. The van der Waals surface area contributed by atoms with Gasteiger partial charge in [0.05, 0.1) is 20.1 Å². The Labute approximate surface area is 130 Å². The lowest BCUT2D eigenvalue weighted by Gasteiger charge is -2.12. The molecule has 4 nitrogen and oxygen atoms in total. The summed E-state index contributed by atoms with van der Waals surface area (Å²) in [4.78, 5) is 12.2. The van der Waals surface area contributed by atoms with Gasteiger partial charge in [-0.25, -0.2) is 0 Å². The van der Waals surface area contributed by atoms with Crippen LogP contribution in [-0.2, 0) is 11.2 Å². The summed E-state index contributed by atoms with van der Waals surface area (Å²) in [7, 11) is 1.55. The molecule has 0 aliphatic heterocycles. The van der Waals surface area contributed by atoms with Crippen molar-refractivity contribution in [3.8, 4) is 17.2 Å². The van der Waals surface area contributed by atoms with Gasteiger partial charge in [0.15, 0.2) is 11.5 Å². The van der Waals surface area contributed by atoms with Gasteiger partial charge in [0.25, 0.3) is 0 Å². The summed E-state index contributed by atoms with van der Waals surface area (Å²) in [5, 5.41) is 0. The van der Waals surface area contributed by atoms with Gasteiger partial charge in [-0.3, -0.25) is 4.79 Å². The zero-order valence-electron chi connectivity index (χ0n) is 13.1. The number of methoxy groups -OCH3 is 1. The zero-order chi connectivity index (χ0) is 15.9. The van der Waals surface area contributed by atoms with Crippen molar-refractivity contribution >= 4 is 5.97 Å². The highest BCUT2D eigenvalue weighted by Gasteiger charge is 2.13. The topological polar surface area (TPSA) is 44.8 Å². The van der Waals surface area contributed by atoms with E-state index in [0.717, 1.165) is 11.1 Å². The number of hydrogen-bond donors (Lipinski definition) is 0. The highest BCUT2D eigenvalue weighted by Crippen LogP contribution is 2.28. The average molecular weight is 300 g/mol. The average Bonchev–Trinajstić information content (AvgIpc) is 2.51. The lowest BCUT2D eigenvalue weighted by Crippen LogP contribution is -2.13. The summed E-state index contributed by atoms with van der Waals surface area (Å²) in [5.41, 5.74) is 1.85.